The number of aliphatic hydroxyl groups is 1. The third-order valence-electron chi connectivity index (χ3n) is 6.40. The van der Waals surface area contributed by atoms with Crippen LogP contribution in [0.4, 0.5) is 5.69 Å². The van der Waals surface area contributed by atoms with Crippen molar-refractivity contribution in [3.63, 3.8) is 0 Å². The molecule has 4 rings (SSSR count). The summed E-state index contributed by atoms with van der Waals surface area (Å²) < 4.78 is 0. The van der Waals surface area contributed by atoms with Gasteiger partial charge in [-0.15, -0.1) is 0 Å². The van der Waals surface area contributed by atoms with Crippen LogP contribution in [0.25, 0.3) is 10.8 Å². The van der Waals surface area contributed by atoms with Crippen LogP contribution in [0.2, 0.25) is 0 Å². The number of Topliss-reactive ketones (excluding diaryl/α,β-unsaturated/α-hetero) is 3. The number of phenols is 2. The fourth-order valence-electron chi connectivity index (χ4n) is 4.87. The van der Waals surface area contributed by atoms with E-state index in [0.717, 1.165) is 0 Å². The minimum Gasteiger partial charge on any atom is -0.507 e. The quantitative estimate of drug-likeness (QED) is 0.253. The Morgan fingerprint density at radius 2 is 1.88 bits per heavy atom. The van der Waals surface area contributed by atoms with Crippen LogP contribution in [0.3, 0.4) is 0 Å². The number of carbonyl (C=O) groups excluding carboxylic acids is 4. The summed E-state index contributed by atoms with van der Waals surface area (Å²) in [5.41, 5.74) is 4.33. The fourth-order valence-corrected chi connectivity index (χ4v) is 4.87. The number of benzene rings is 2. The summed E-state index contributed by atoms with van der Waals surface area (Å²) in [7, 11) is 3.47. The minimum atomic E-state index is -2.90. The van der Waals surface area contributed by atoms with Gasteiger partial charge in [-0.1, -0.05) is 0 Å². The van der Waals surface area contributed by atoms with Gasteiger partial charge in [0.1, 0.15) is 11.5 Å². The van der Waals surface area contributed by atoms with Gasteiger partial charge in [0, 0.05) is 31.1 Å². The van der Waals surface area contributed by atoms with Crippen molar-refractivity contribution in [2.24, 2.45) is 17.6 Å². The molecule has 1 fully saturated rings. The number of hydroxylamine groups is 1. The number of primary amides is 1. The van der Waals surface area contributed by atoms with Crippen molar-refractivity contribution in [2.45, 2.75) is 18.1 Å². The van der Waals surface area contributed by atoms with Crippen molar-refractivity contribution in [3.05, 3.63) is 29.3 Å². The maximum atomic E-state index is 13.4. The molecule has 2 aliphatic rings. The number of hydrogen-bond acceptors (Lipinski definition) is 10. The Kier molecular flexibility index (Phi) is 4.73. The van der Waals surface area contributed by atoms with E-state index in [2.05, 4.69) is 0 Å². The maximum Gasteiger partial charge on any atom is 0.235 e. The first-order chi connectivity index (χ1) is 15.0. The molecule has 0 aromatic heterocycles. The molecule has 0 radical (unpaired) electrons. The fraction of sp³-hybridized carbons (Fsp3) is 0.333. The van der Waals surface area contributed by atoms with Gasteiger partial charge in [0.05, 0.1) is 17.0 Å². The standard InChI is InChI=1S/C21H21N3O8/c1-24(2)10-3-4-11(25)13-8(10)5-7-6-9-15(23-32)17(27)14(20(22)30)19(29)21(9,31)18(28)12(7)16(13)26/h3-5,9,14-15,23,25-26,31-32H,6H2,1-2H3,(H2,22,30)/t9?,14?,15?,21-/m0/s1. The molecule has 0 saturated heterocycles. The van der Waals surface area contributed by atoms with E-state index in [4.69, 9.17) is 5.73 Å². The van der Waals surface area contributed by atoms with Crippen molar-refractivity contribution in [3.8, 4) is 11.5 Å². The van der Waals surface area contributed by atoms with E-state index in [1.54, 1.807) is 30.5 Å². The minimum absolute atomic E-state index is 0.0621. The average Bonchev–Trinajstić information content (AvgIpc) is 2.70. The highest BCUT2D eigenvalue weighted by atomic mass is 16.5. The lowest BCUT2D eigenvalue weighted by Gasteiger charge is -2.46. The molecule has 0 aliphatic heterocycles. The van der Waals surface area contributed by atoms with E-state index in [9.17, 15) is 39.7 Å². The molecular weight excluding hydrogens is 422 g/mol. The van der Waals surface area contributed by atoms with Crippen molar-refractivity contribution in [1.29, 1.82) is 0 Å². The van der Waals surface area contributed by atoms with Crippen LogP contribution in [0.1, 0.15) is 15.9 Å². The van der Waals surface area contributed by atoms with E-state index in [1.807, 2.05) is 0 Å². The van der Waals surface area contributed by atoms with Gasteiger partial charge in [-0.05, 0) is 30.2 Å². The first-order valence-electron chi connectivity index (χ1n) is 9.68. The normalized spacial score (nSPS) is 27.2. The van der Waals surface area contributed by atoms with Gasteiger partial charge < -0.3 is 31.2 Å². The monoisotopic (exact) mass is 443 g/mol. The molecular formula is C21H21N3O8. The number of anilines is 1. The highest BCUT2D eigenvalue weighted by Crippen LogP contribution is 2.48. The number of hydrogen-bond donors (Lipinski definition) is 6. The molecule has 32 heavy (non-hydrogen) atoms. The predicted molar refractivity (Wildman–Crippen MR) is 109 cm³/mol. The molecule has 4 atom stereocenters. The number of aromatic hydroxyl groups is 2. The number of amides is 1. The lowest BCUT2D eigenvalue weighted by molar-refractivity contribution is -0.162. The zero-order chi connectivity index (χ0) is 23.7. The van der Waals surface area contributed by atoms with Gasteiger partial charge in [-0.3, -0.25) is 19.2 Å². The van der Waals surface area contributed by atoms with Crippen LogP contribution in [0.5, 0.6) is 11.5 Å². The van der Waals surface area contributed by atoms with Crippen LogP contribution < -0.4 is 16.1 Å². The van der Waals surface area contributed by atoms with E-state index >= 15 is 0 Å². The molecule has 168 valence electrons. The molecule has 2 aromatic rings. The topological polar surface area (TPSA) is 190 Å². The Balaban J connectivity index is 2.03. The molecule has 0 bridgehead atoms. The van der Waals surface area contributed by atoms with Gasteiger partial charge in [-0.2, -0.15) is 5.48 Å². The van der Waals surface area contributed by atoms with E-state index in [1.165, 1.54) is 12.1 Å². The molecule has 11 nitrogen and oxygen atoms in total. The van der Waals surface area contributed by atoms with Crippen molar-refractivity contribution in [1.82, 2.24) is 5.48 Å². The summed E-state index contributed by atoms with van der Waals surface area (Å²) >= 11 is 0. The number of nitrogens with zero attached hydrogens (tertiary/aromatic N) is 1. The number of nitrogens with one attached hydrogen (secondary N) is 1. The highest BCUT2D eigenvalue weighted by molar-refractivity contribution is 6.33. The molecule has 2 aliphatic carbocycles. The van der Waals surface area contributed by atoms with Gasteiger partial charge in [-0.25, -0.2) is 0 Å². The smallest absolute Gasteiger partial charge is 0.235 e. The van der Waals surface area contributed by atoms with E-state index in [-0.39, 0.29) is 23.1 Å². The van der Waals surface area contributed by atoms with Gasteiger partial charge in [0.25, 0.3) is 0 Å². The Morgan fingerprint density at radius 1 is 1.22 bits per heavy atom. The van der Waals surface area contributed by atoms with Gasteiger partial charge >= 0.3 is 0 Å². The van der Waals surface area contributed by atoms with Crippen LogP contribution in [0.15, 0.2) is 18.2 Å². The predicted octanol–water partition coefficient (Wildman–Crippen LogP) is -0.996. The third kappa shape index (κ3) is 2.58. The van der Waals surface area contributed by atoms with E-state index < -0.39 is 58.0 Å². The Hall–Kier alpha value is -3.54. The zero-order valence-electron chi connectivity index (χ0n) is 17.1. The SMILES string of the molecule is CN(C)c1ccc(O)c2c(O)c3c(cc12)CC1C(NO)C(=O)C(C(N)=O)C(=O)[C@@]1(O)C3=O. The summed E-state index contributed by atoms with van der Waals surface area (Å²) in [6.07, 6.45) is -0.273. The molecule has 0 spiro atoms. The number of carbonyl (C=O) groups is 4. The Labute approximate surface area is 181 Å². The molecule has 1 saturated carbocycles. The lowest BCUT2D eigenvalue weighted by Crippen LogP contribution is -2.71. The van der Waals surface area contributed by atoms with E-state index in [0.29, 0.717) is 11.1 Å². The first-order valence-corrected chi connectivity index (χ1v) is 9.68. The van der Waals surface area contributed by atoms with Crippen molar-refractivity contribution >= 4 is 39.7 Å². The van der Waals surface area contributed by atoms with Crippen LogP contribution in [-0.4, -0.2) is 69.5 Å². The molecule has 1 amide bonds. The number of fused-ring (bicyclic) bond motifs is 3. The van der Waals surface area contributed by atoms with Gasteiger partial charge in [0.15, 0.2) is 23.1 Å². The Bertz CT molecular complexity index is 1220. The van der Waals surface area contributed by atoms with Crippen molar-refractivity contribution in [2.75, 3.05) is 19.0 Å². The van der Waals surface area contributed by atoms with Crippen LogP contribution in [-0.2, 0) is 20.8 Å². The summed E-state index contributed by atoms with van der Waals surface area (Å²) in [6, 6.07) is 2.81. The molecule has 7 N–H and O–H groups in total. The zero-order valence-corrected chi connectivity index (χ0v) is 17.1. The third-order valence-corrected chi connectivity index (χ3v) is 6.40. The molecule has 2 aromatic carbocycles. The molecule has 3 unspecified atom stereocenters. The first kappa shape index (κ1) is 21.7. The largest absolute Gasteiger partial charge is 0.507 e. The Morgan fingerprint density at radius 3 is 2.44 bits per heavy atom. The highest BCUT2D eigenvalue weighted by Gasteiger charge is 2.65. The maximum absolute atomic E-state index is 13.4. The lowest BCUT2D eigenvalue weighted by atomic mass is 9.58. The summed E-state index contributed by atoms with van der Waals surface area (Å²) in [5.74, 6) is -9.68. The number of phenolic OH excluding ortho intramolecular Hbond substituents is 2. The van der Waals surface area contributed by atoms with Crippen LogP contribution in [0, 0.1) is 11.8 Å². The number of rotatable bonds is 3. The summed E-state index contributed by atoms with van der Waals surface area (Å²) in [4.78, 5) is 52.5. The molecule has 0 heterocycles. The van der Waals surface area contributed by atoms with Gasteiger partial charge in [0.2, 0.25) is 11.7 Å². The second kappa shape index (κ2) is 6.99. The van der Waals surface area contributed by atoms with Crippen LogP contribution >= 0.6 is 0 Å². The second-order valence-corrected chi connectivity index (χ2v) is 8.29. The van der Waals surface area contributed by atoms with Crippen molar-refractivity contribution < 1.29 is 39.7 Å². The molecule has 11 heteroatoms. The average molecular weight is 443 g/mol. The number of nitrogens with two attached hydrogens (primary N) is 1. The number of ketones is 3. The summed E-state index contributed by atoms with van der Waals surface area (Å²) in [5, 5.41) is 42.4. The summed E-state index contributed by atoms with van der Waals surface area (Å²) in [6.45, 7) is 0. The second-order valence-electron chi connectivity index (χ2n) is 8.29.